The number of hydrogen-bond acceptors (Lipinski definition) is 1. The van der Waals surface area contributed by atoms with Gasteiger partial charge < -0.3 is 14.4 Å². The van der Waals surface area contributed by atoms with E-state index in [1.54, 1.807) is 0 Å². The van der Waals surface area contributed by atoms with E-state index in [1.165, 1.54) is 5.56 Å². The molecule has 0 spiro atoms. The third-order valence-electron chi connectivity index (χ3n) is 3.14. The number of aryl methyl sites for hydroxylation is 1. The predicted molar refractivity (Wildman–Crippen MR) is 68.3 cm³/mol. The van der Waals surface area contributed by atoms with E-state index in [-0.39, 0.29) is 22.4 Å². The first-order valence-electron chi connectivity index (χ1n) is 5.63. The van der Waals surface area contributed by atoms with Gasteiger partial charge in [-0.2, -0.15) is 0 Å². The molecule has 0 aliphatic heterocycles. The van der Waals surface area contributed by atoms with E-state index < -0.39 is 0 Å². The van der Waals surface area contributed by atoms with E-state index in [1.807, 2.05) is 24.3 Å². The molecule has 0 amide bonds. The van der Waals surface area contributed by atoms with E-state index in [2.05, 4.69) is 39.5 Å². The Bertz CT molecular complexity index is 857. The van der Waals surface area contributed by atoms with Gasteiger partial charge in [-0.1, -0.05) is 42.0 Å². The number of imidazole rings is 2. The third kappa shape index (κ3) is 1.45. The number of aromatic nitrogens is 3. The fraction of sp³-hybridized carbons (Fsp3) is 0.0714. The molecule has 0 aliphatic carbocycles. The van der Waals surface area contributed by atoms with Gasteiger partial charge in [0.1, 0.15) is 0 Å². The van der Waals surface area contributed by atoms with Crippen LogP contribution in [0.2, 0.25) is 0 Å². The summed E-state index contributed by atoms with van der Waals surface area (Å²) in [6.07, 6.45) is 0. The van der Waals surface area contributed by atoms with Gasteiger partial charge in [-0.05, 0) is 13.0 Å². The minimum atomic E-state index is 0. The van der Waals surface area contributed by atoms with Crippen LogP contribution in [0.15, 0.2) is 42.5 Å². The van der Waals surface area contributed by atoms with Gasteiger partial charge in [0.15, 0.2) is 0 Å². The molecule has 0 unspecified atom stereocenters. The van der Waals surface area contributed by atoms with Crippen LogP contribution in [0.4, 0.5) is 0 Å². The summed E-state index contributed by atoms with van der Waals surface area (Å²) >= 11 is 0. The number of rotatable bonds is 0. The topological polar surface area (TPSA) is 31.4 Å². The Hall–Kier alpha value is -1.55. The molecule has 2 aromatic carbocycles. The Kier molecular flexibility index (Phi) is 2.55. The summed E-state index contributed by atoms with van der Waals surface area (Å²) in [5.74, 6) is 0.784. The first-order chi connectivity index (χ1) is 8.33. The van der Waals surface area contributed by atoms with Crippen molar-refractivity contribution < 1.29 is 22.4 Å². The molecule has 4 rings (SSSR count). The van der Waals surface area contributed by atoms with Gasteiger partial charge in [0.05, 0.1) is 0 Å². The number of para-hydroxylation sites is 2. The molecule has 0 fully saturated rings. The van der Waals surface area contributed by atoms with Crippen molar-refractivity contribution in [3.63, 3.8) is 0 Å². The van der Waals surface area contributed by atoms with Crippen LogP contribution in [0.5, 0.6) is 0 Å². The van der Waals surface area contributed by atoms with Gasteiger partial charge in [-0.15, -0.1) is 0 Å². The van der Waals surface area contributed by atoms with Crippen LogP contribution >= 0.6 is 0 Å². The van der Waals surface area contributed by atoms with Crippen LogP contribution in [0.25, 0.3) is 27.8 Å². The molecule has 0 atom stereocenters. The maximum atomic E-state index is 4.55. The van der Waals surface area contributed by atoms with Gasteiger partial charge in [-0.25, -0.2) is 0 Å². The number of benzene rings is 2. The Balaban J connectivity index is 0.000001000. The monoisotopic (exact) mass is 417 g/mol. The normalized spacial score (nSPS) is 11.2. The van der Waals surface area contributed by atoms with Gasteiger partial charge in [0, 0.05) is 27.8 Å². The van der Waals surface area contributed by atoms with Crippen molar-refractivity contribution in [2.24, 2.45) is 0 Å². The van der Waals surface area contributed by atoms with Crippen molar-refractivity contribution >= 4 is 27.8 Å². The molecular weight excluding hydrogens is 407 g/mol. The van der Waals surface area contributed by atoms with Crippen molar-refractivity contribution in [2.45, 2.75) is 6.92 Å². The van der Waals surface area contributed by atoms with Crippen molar-refractivity contribution in [3.05, 3.63) is 48.0 Å². The molecule has 0 aliphatic rings. The van der Waals surface area contributed by atoms with Gasteiger partial charge in [0.25, 0.3) is 0 Å². The summed E-state index contributed by atoms with van der Waals surface area (Å²) in [6, 6.07) is 14.4. The smallest absolute Gasteiger partial charge is 0.366 e. The first kappa shape index (κ1) is 11.5. The van der Waals surface area contributed by atoms with E-state index in [0.29, 0.717) is 0 Å². The molecule has 0 bridgehead atoms. The van der Waals surface area contributed by atoms with Crippen molar-refractivity contribution in [1.82, 2.24) is 14.4 Å². The molecule has 0 N–H and O–H groups in total. The number of fused-ring (bicyclic) bond motifs is 5. The predicted octanol–water partition coefficient (Wildman–Crippen LogP) is 2.90. The van der Waals surface area contributed by atoms with Crippen LogP contribution in [-0.4, -0.2) is 9.38 Å². The van der Waals surface area contributed by atoms with Crippen LogP contribution in [0.1, 0.15) is 5.56 Å². The second-order valence-corrected chi connectivity index (χ2v) is 4.34. The summed E-state index contributed by atoms with van der Waals surface area (Å²) in [4.78, 5) is 9.08. The van der Waals surface area contributed by atoms with E-state index in [0.717, 1.165) is 27.8 Å². The standard InChI is InChI=1S/C14H10N3.Au/c1-9-6-7-11-13(8-9)17-12-5-3-2-4-10(12)15-14(17)16-11;/h2-8H,1H3;/q-1;+1. The summed E-state index contributed by atoms with van der Waals surface area (Å²) in [7, 11) is 0. The maximum Gasteiger partial charge on any atom is 1.00 e. The molecule has 0 saturated carbocycles. The summed E-state index contributed by atoms with van der Waals surface area (Å²) < 4.78 is 2.12. The molecule has 0 saturated heterocycles. The van der Waals surface area contributed by atoms with Gasteiger partial charge in [0.2, 0.25) is 0 Å². The fourth-order valence-corrected chi connectivity index (χ4v) is 2.34. The Labute approximate surface area is 119 Å². The van der Waals surface area contributed by atoms with Crippen LogP contribution in [0, 0.1) is 6.92 Å². The molecule has 0 radical (unpaired) electrons. The SMILES string of the molecule is Cc1ccc2[n-]c3nc4ccccc4n3c2c1.[Au+]. The Morgan fingerprint density at radius 2 is 1.89 bits per heavy atom. The molecular formula is C14H10AuN3. The molecule has 2 aromatic heterocycles. The second-order valence-electron chi connectivity index (χ2n) is 4.34. The molecule has 18 heavy (non-hydrogen) atoms. The van der Waals surface area contributed by atoms with E-state index >= 15 is 0 Å². The van der Waals surface area contributed by atoms with Crippen molar-refractivity contribution in [3.8, 4) is 0 Å². The minimum absolute atomic E-state index is 0. The maximum absolute atomic E-state index is 4.55. The molecule has 92 valence electrons. The van der Waals surface area contributed by atoms with Crippen molar-refractivity contribution in [1.29, 1.82) is 0 Å². The zero-order valence-corrected chi connectivity index (χ0v) is 11.9. The number of hydrogen-bond donors (Lipinski definition) is 0. The van der Waals surface area contributed by atoms with E-state index in [9.17, 15) is 0 Å². The molecule has 4 heteroatoms. The summed E-state index contributed by atoms with van der Waals surface area (Å²) in [5, 5.41) is 0. The van der Waals surface area contributed by atoms with E-state index in [4.69, 9.17) is 0 Å². The zero-order valence-electron chi connectivity index (χ0n) is 9.68. The second kappa shape index (κ2) is 3.99. The molecule has 2 heterocycles. The third-order valence-corrected chi connectivity index (χ3v) is 3.14. The van der Waals surface area contributed by atoms with Gasteiger partial charge >= 0.3 is 22.4 Å². The van der Waals surface area contributed by atoms with Crippen molar-refractivity contribution in [2.75, 3.05) is 0 Å². The van der Waals surface area contributed by atoms with Gasteiger partial charge in [-0.3, -0.25) is 0 Å². The average molecular weight is 417 g/mol. The average Bonchev–Trinajstić information content (AvgIpc) is 2.84. The fourth-order valence-electron chi connectivity index (χ4n) is 2.34. The Morgan fingerprint density at radius 3 is 2.78 bits per heavy atom. The summed E-state index contributed by atoms with van der Waals surface area (Å²) in [5.41, 5.74) is 5.50. The molecule has 3 nitrogen and oxygen atoms in total. The quantitative estimate of drug-likeness (QED) is 0.412. The summed E-state index contributed by atoms with van der Waals surface area (Å²) in [6.45, 7) is 2.09. The largest absolute Gasteiger partial charge is 1.00 e. The molecule has 4 aromatic rings. The minimum Gasteiger partial charge on any atom is -0.366 e. The Morgan fingerprint density at radius 1 is 1.06 bits per heavy atom. The zero-order chi connectivity index (χ0) is 11.4. The van der Waals surface area contributed by atoms with Crippen LogP contribution in [-0.2, 0) is 22.4 Å². The number of nitrogens with zero attached hydrogens (tertiary/aromatic N) is 3. The van der Waals surface area contributed by atoms with Crippen LogP contribution < -0.4 is 4.98 Å². The first-order valence-corrected chi connectivity index (χ1v) is 5.63. The van der Waals surface area contributed by atoms with Crippen LogP contribution in [0.3, 0.4) is 0 Å².